The minimum Gasteiger partial charge on any atom is -0.469 e. The first-order valence-electron chi connectivity index (χ1n) is 9.51. The second-order valence-electron chi connectivity index (χ2n) is 6.82. The van der Waals surface area contributed by atoms with Crippen molar-refractivity contribution in [3.63, 3.8) is 0 Å². The van der Waals surface area contributed by atoms with Crippen molar-refractivity contribution in [1.29, 1.82) is 0 Å². The number of methoxy groups -OCH3 is 1. The molecule has 0 amide bonds. The molecule has 0 radical (unpaired) electrons. The molecule has 28 heavy (non-hydrogen) atoms. The minimum atomic E-state index is -3.46. The van der Waals surface area contributed by atoms with E-state index >= 15 is 0 Å². The average Bonchev–Trinajstić information content (AvgIpc) is 2.70. The topological polar surface area (TPSA) is 79.0 Å². The molecule has 1 aromatic carbocycles. The smallest absolute Gasteiger partial charge is 0.305 e. The van der Waals surface area contributed by atoms with Gasteiger partial charge in [-0.2, -0.15) is 4.31 Å². The van der Waals surface area contributed by atoms with Gasteiger partial charge in [0.1, 0.15) is 0 Å². The lowest BCUT2D eigenvalue weighted by Crippen LogP contribution is -2.53. The van der Waals surface area contributed by atoms with Gasteiger partial charge in [-0.25, -0.2) is 8.42 Å². The van der Waals surface area contributed by atoms with Gasteiger partial charge in [0.25, 0.3) is 0 Å². The number of sulfonamides is 1. The summed E-state index contributed by atoms with van der Waals surface area (Å²) in [7, 11) is -2.06. The highest BCUT2D eigenvalue weighted by atomic mass is 32.2. The SMILES string of the molecule is COC(=O)CCCCCNC(=S)N1CCN(S(=O)(=O)c2ccc(C)cc2)CC1. The molecule has 0 aliphatic carbocycles. The third kappa shape index (κ3) is 6.42. The molecule has 156 valence electrons. The highest BCUT2D eigenvalue weighted by Crippen LogP contribution is 2.18. The van der Waals surface area contributed by atoms with Crippen molar-refractivity contribution in [2.45, 2.75) is 37.5 Å². The number of nitrogens with one attached hydrogen (secondary N) is 1. The second kappa shape index (κ2) is 10.7. The van der Waals surface area contributed by atoms with Crippen molar-refractivity contribution in [3.05, 3.63) is 29.8 Å². The van der Waals surface area contributed by atoms with Crippen LogP contribution in [0.5, 0.6) is 0 Å². The lowest BCUT2D eigenvalue weighted by Gasteiger charge is -2.35. The summed E-state index contributed by atoms with van der Waals surface area (Å²) < 4.78 is 31.6. The normalized spacial score (nSPS) is 15.3. The monoisotopic (exact) mass is 427 g/mol. The number of rotatable bonds is 8. The molecule has 0 unspecified atom stereocenters. The van der Waals surface area contributed by atoms with E-state index in [0.717, 1.165) is 31.4 Å². The highest BCUT2D eigenvalue weighted by Gasteiger charge is 2.29. The van der Waals surface area contributed by atoms with Gasteiger partial charge in [-0.1, -0.05) is 24.1 Å². The van der Waals surface area contributed by atoms with Gasteiger partial charge in [-0.15, -0.1) is 0 Å². The number of hydrogen-bond donors (Lipinski definition) is 1. The summed E-state index contributed by atoms with van der Waals surface area (Å²) in [6.45, 7) is 4.64. The van der Waals surface area contributed by atoms with Gasteiger partial charge >= 0.3 is 5.97 Å². The molecule has 2 rings (SSSR count). The Kier molecular flexibility index (Phi) is 8.65. The van der Waals surface area contributed by atoms with Crippen LogP contribution in [-0.4, -0.2) is 68.5 Å². The fraction of sp³-hybridized carbons (Fsp3) is 0.579. The van der Waals surface area contributed by atoms with Crippen LogP contribution in [0.1, 0.15) is 31.2 Å². The van der Waals surface area contributed by atoms with E-state index in [4.69, 9.17) is 12.2 Å². The standard InChI is InChI=1S/C19H29N3O4S2/c1-16-7-9-17(10-8-16)28(24,25)22-14-12-21(13-15-22)19(27)20-11-5-3-4-6-18(23)26-2/h7-10H,3-6,11-15H2,1-2H3,(H,20,27). The number of esters is 1. The van der Waals surface area contributed by atoms with Gasteiger partial charge in [-0.3, -0.25) is 4.79 Å². The van der Waals surface area contributed by atoms with E-state index in [1.54, 1.807) is 12.1 Å². The Morgan fingerprint density at radius 3 is 2.36 bits per heavy atom. The predicted octanol–water partition coefficient (Wildman–Crippen LogP) is 1.91. The summed E-state index contributed by atoms with van der Waals surface area (Å²) in [6, 6.07) is 6.94. The number of hydrogen-bond acceptors (Lipinski definition) is 5. The number of carbonyl (C=O) groups is 1. The Balaban J connectivity index is 1.72. The molecule has 7 nitrogen and oxygen atoms in total. The third-order valence-corrected chi connectivity index (χ3v) is 7.06. The Hall–Kier alpha value is -1.71. The first-order chi connectivity index (χ1) is 13.3. The largest absolute Gasteiger partial charge is 0.469 e. The number of nitrogens with zero attached hydrogens (tertiary/aromatic N) is 2. The zero-order valence-electron chi connectivity index (χ0n) is 16.5. The van der Waals surface area contributed by atoms with Crippen molar-refractivity contribution < 1.29 is 17.9 Å². The van der Waals surface area contributed by atoms with Gasteiger partial charge in [0.2, 0.25) is 10.0 Å². The zero-order chi connectivity index (χ0) is 20.6. The summed E-state index contributed by atoms with van der Waals surface area (Å²) in [5.41, 5.74) is 1.03. The van der Waals surface area contributed by atoms with E-state index < -0.39 is 10.0 Å². The average molecular weight is 428 g/mol. The molecule has 1 heterocycles. The van der Waals surface area contributed by atoms with Gasteiger partial charge in [0.05, 0.1) is 12.0 Å². The third-order valence-electron chi connectivity index (χ3n) is 4.75. The summed E-state index contributed by atoms with van der Waals surface area (Å²) in [6.07, 6.45) is 3.08. The lowest BCUT2D eigenvalue weighted by molar-refractivity contribution is -0.140. The van der Waals surface area contributed by atoms with Crippen LogP contribution < -0.4 is 5.32 Å². The molecule has 0 saturated carbocycles. The minimum absolute atomic E-state index is 0.179. The highest BCUT2D eigenvalue weighted by molar-refractivity contribution is 7.89. The molecular weight excluding hydrogens is 398 g/mol. The fourth-order valence-electron chi connectivity index (χ4n) is 2.97. The van der Waals surface area contributed by atoms with Crippen LogP contribution in [0.25, 0.3) is 0 Å². The van der Waals surface area contributed by atoms with Crippen molar-refractivity contribution in [3.8, 4) is 0 Å². The molecule has 1 fully saturated rings. The molecular formula is C19H29N3O4S2. The van der Waals surface area contributed by atoms with Crippen LogP contribution in [-0.2, 0) is 19.6 Å². The fourth-order valence-corrected chi connectivity index (χ4v) is 4.68. The molecule has 1 aliphatic rings. The number of carbonyl (C=O) groups excluding carboxylic acids is 1. The lowest BCUT2D eigenvalue weighted by atomic mass is 10.2. The molecule has 1 aromatic rings. The molecule has 0 spiro atoms. The van der Waals surface area contributed by atoms with Gasteiger partial charge in [-0.05, 0) is 44.1 Å². The van der Waals surface area contributed by atoms with Crippen LogP contribution in [0.2, 0.25) is 0 Å². The molecule has 0 aromatic heterocycles. The Bertz CT molecular complexity index is 758. The predicted molar refractivity (Wildman–Crippen MR) is 113 cm³/mol. The van der Waals surface area contributed by atoms with E-state index in [1.165, 1.54) is 11.4 Å². The first kappa shape index (κ1) is 22.6. The van der Waals surface area contributed by atoms with Crippen LogP contribution in [0.15, 0.2) is 29.2 Å². The number of piperazine rings is 1. The van der Waals surface area contributed by atoms with Gasteiger partial charge in [0, 0.05) is 39.1 Å². The maximum absolute atomic E-state index is 12.7. The van der Waals surface area contributed by atoms with E-state index in [2.05, 4.69) is 10.1 Å². The maximum atomic E-state index is 12.7. The van der Waals surface area contributed by atoms with Crippen molar-refractivity contribution in [2.24, 2.45) is 0 Å². The molecule has 0 atom stereocenters. The number of ether oxygens (including phenoxy) is 1. The zero-order valence-corrected chi connectivity index (χ0v) is 18.2. The van der Waals surface area contributed by atoms with Crippen molar-refractivity contribution >= 4 is 33.3 Å². The number of benzene rings is 1. The van der Waals surface area contributed by atoms with Crippen molar-refractivity contribution in [1.82, 2.24) is 14.5 Å². The molecule has 1 N–H and O–H groups in total. The number of unbranched alkanes of at least 4 members (excludes halogenated alkanes) is 2. The number of aryl methyl sites for hydroxylation is 1. The second-order valence-corrected chi connectivity index (χ2v) is 9.15. The first-order valence-corrected chi connectivity index (χ1v) is 11.4. The Labute approximate surface area is 173 Å². The molecule has 9 heteroatoms. The summed E-state index contributed by atoms with van der Waals surface area (Å²) in [4.78, 5) is 13.4. The molecule has 1 aliphatic heterocycles. The molecule has 0 bridgehead atoms. The summed E-state index contributed by atoms with van der Waals surface area (Å²) in [5, 5.41) is 3.87. The van der Waals surface area contributed by atoms with Gasteiger partial charge < -0.3 is 15.0 Å². The summed E-state index contributed by atoms with van der Waals surface area (Å²) >= 11 is 5.42. The van der Waals surface area contributed by atoms with Crippen LogP contribution >= 0.6 is 12.2 Å². The van der Waals surface area contributed by atoms with E-state index in [1.807, 2.05) is 24.0 Å². The van der Waals surface area contributed by atoms with Crippen molar-refractivity contribution in [2.75, 3.05) is 39.8 Å². The van der Waals surface area contributed by atoms with Crippen LogP contribution in [0.4, 0.5) is 0 Å². The Morgan fingerprint density at radius 1 is 1.11 bits per heavy atom. The van der Waals surface area contributed by atoms with Gasteiger partial charge in [0.15, 0.2) is 5.11 Å². The quantitative estimate of drug-likeness (QED) is 0.386. The number of thiocarbonyl (C=S) groups is 1. The van der Waals surface area contributed by atoms with E-state index in [0.29, 0.717) is 42.6 Å². The maximum Gasteiger partial charge on any atom is 0.305 e. The van der Waals surface area contributed by atoms with Crippen LogP contribution in [0, 0.1) is 6.92 Å². The summed E-state index contributed by atoms with van der Waals surface area (Å²) in [5.74, 6) is -0.179. The van der Waals surface area contributed by atoms with E-state index in [9.17, 15) is 13.2 Å². The van der Waals surface area contributed by atoms with E-state index in [-0.39, 0.29) is 5.97 Å². The Morgan fingerprint density at radius 2 is 1.75 bits per heavy atom. The molecule has 1 saturated heterocycles. The van der Waals surface area contributed by atoms with Crippen LogP contribution in [0.3, 0.4) is 0 Å².